The van der Waals surface area contributed by atoms with Gasteiger partial charge in [-0.3, -0.25) is 4.79 Å². The molecule has 3 nitrogen and oxygen atoms in total. The average molecular weight is 197 g/mol. The molecule has 1 unspecified atom stereocenters. The van der Waals surface area contributed by atoms with Gasteiger partial charge in [-0.1, -0.05) is 19.3 Å². The Labute approximate surface area is 85.1 Å². The van der Waals surface area contributed by atoms with Crippen molar-refractivity contribution in [3.8, 4) is 0 Å². The summed E-state index contributed by atoms with van der Waals surface area (Å²) < 4.78 is 0. The van der Waals surface area contributed by atoms with E-state index in [1.165, 1.54) is 25.7 Å². The molecule has 1 aliphatic heterocycles. The van der Waals surface area contributed by atoms with Gasteiger partial charge in [0.1, 0.15) is 0 Å². The Morgan fingerprint density at radius 2 is 2.14 bits per heavy atom. The zero-order valence-corrected chi connectivity index (χ0v) is 8.61. The SMILES string of the molecule is O=C1CC(CO)CN1CCC1CCC1. The van der Waals surface area contributed by atoms with Gasteiger partial charge in [-0.25, -0.2) is 0 Å². The maximum absolute atomic E-state index is 11.5. The van der Waals surface area contributed by atoms with Crippen molar-refractivity contribution in [3.63, 3.8) is 0 Å². The normalized spacial score (nSPS) is 28.2. The van der Waals surface area contributed by atoms with Crippen molar-refractivity contribution in [2.45, 2.75) is 32.1 Å². The fourth-order valence-electron chi connectivity index (χ4n) is 2.31. The number of likely N-dealkylation sites (tertiary alicyclic amines) is 1. The molecule has 0 bridgehead atoms. The fraction of sp³-hybridized carbons (Fsp3) is 0.909. The summed E-state index contributed by atoms with van der Waals surface area (Å²) >= 11 is 0. The van der Waals surface area contributed by atoms with Gasteiger partial charge in [-0.05, 0) is 12.3 Å². The topological polar surface area (TPSA) is 40.5 Å². The minimum atomic E-state index is 0.158. The third kappa shape index (κ3) is 2.08. The zero-order chi connectivity index (χ0) is 9.97. The molecule has 0 radical (unpaired) electrons. The third-order valence-electron chi connectivity index (χ3n) is 3.58. The maximum atomic E-state index is 11.5. The molecule has 2 fully saturated rings. The molecular formula is C11H19NO2. The Morgan fingerprint density at radius 1 is 1.36 bits per heavy atom. The summed E-state index contributed by atoms with van der Waals surface area (Å²) in [6, 6.07) is 0. The number of carbonyl (C=O) groups is 1. The Bertz CT molecular complexity index is 213. The molecule has 80 valence electrons. The third-order valence-corrected chi connectivity index (χ3v) is 3.58. The van der Waals surface area contributed by atoms with E-state index in [0.717, 1.165) is 19.0 Å². The maximum Gasteiger partial charge on any atom is 0.223 e. The Morgan fingerprint density at radius 3 is 2.64 bits per heavy atom. The first kappa shape index (κ1) is 9.97. The first-order valence-electron chi connectivity index (χ1n) is 5.68. The van der Waals surface area contributed by atoms with Crippen LogP contribution in [0.25, 0.3) is 0 Å². The Hall–Kier alpha value is -0.570. The van der Waals surface area contributed by atoms with E-state index in [1.54, 1.807) is 0 Å². The van der Waals surface area contributed by atoms with Crippen LogP contribution in [-0.4, -0.2) is 35.6 Å². The van der Waals surface area contributed by atoms with Gasteiger partial charge >= 0.3 is 0 Å². The fourth-order valence-corrected chi connectivity index (χ4v) is 2.31. The molecule has 1 heterocycles. The number of carbonyl (C=O) groups excluding carboxylic acids is 1. The molecule has 0 spiro atoms. The minimum Gasteiger partial charge on any atom is -0.396 e. The van der Waals surface area contributed by atoms with Crippen molar-refractivity contribution >= 4 is 5.91 Å². The highest BCUT2D eigenvalue weighted by atomic mass is 16.3. The van der Waals surface area contributed by atoms with Crippen molar-refractivity contribution in [2.75, 3.05) is 19.7 Å². The molecule has 0 aromatic heterocycles. The van der Waals surface area contributed by atoms with Crippen molar-refractivity contribution < 1.29 is 9.90 Å². The summed E-state index contributed by atoms with van der Waals surface area (Å²) in [5, 5.41) is 8.96. The number of nitrogens with zero attached hydrogens (tertiary/aromatic N) is 1. The van der Waals surface area contributed by atoms with Crippen molar-refractivity contribution in [1.82, 2.24) is 4.90 Å². The summed E-state index contributed by atoms with van der Waals surface area (Å²) in [4.78, 5) is 13.4. The second-order valence-electron chi connectivity index (χ2n) is 4.68. The Kier molecular flexibility index (Phi) is 3.06. The highest BCUT2D eigenvalue weighted by Crippen LogP contribution is 2.30. The van der Waals surface area contributed by atoms with Gasteiger partial charge in [0.05, 0.1) is 0 Å². The molecule has 14 heavy (non-hydrogen) atoms. The van der Waals surface area contributed by atoms with E-state index in [0.29, 0.717) is 6.42 Å². The largest absolute Gasteiger partial charge is 0.396 e. The van der Waals surface area contributed by atoms with Gasteiger partial charge in [0.25, 0.3) is 0 Å². The summed E-state index contributed by atoms with van der Waals surface area (Å²) in [5.74, 6) is 1.31. The van der Waals surface area contributed by atoms with Crippen molar-refractivity contribution in [1.29, 1.82) is 0 Å². The average Bonchev–Trinajstić information content (AvgIpc) is 2.45. The first-order valence-corrected chi connectivity index (χ1v) is 5.68. The van der Waals surface area contributed by atoms with E-state index < -0.39 is 0 Å². The predicted octanol–water partition coefficient (Wildman–Crippen LogP) is 1.02. The highest BCUT2D eigenvalue weighted by Gasteiger charge is 2.29. The number of hydrogen-bond donors (Lipinski definition) is 1. The van der Waals surface area contributed by atoms with Crippen LogP contribution in [0.1, 0.15) is 32.1 Å². The molecule has 1 saturated carbocycles. The van der Waals surface area contributed by atoms with Crippen LogP contribution >= 0.6 is 0 Å². The number of aliphatic hydroxyl groups is 1. The molecule has 3 heteroatoms. The van der Waals surface area contributed by atoms with Gasteiger partial charge in [0, 0.05) is 32.0 Å². The van der Waals surface area contributed by atoms with Gasteiger partial charge in [-0.15, -0.1) is 0 Å². The standard InChI is InChI=1S/C11H19NO2/c13-8-10-6-11(14)12(7-10)5-4-9-2-1-3-9/h9-10,13H,1-8H2. The van der Waals surface area contributed by atoms with Crippen LogP contribution in [0.3, 0.4) is 0 Å². The number of amides is 1. The molecule has 1 amide bonds. The molecular weight excluding hydrogens is 178 g/mol. The van der Waals surface area contributed by atoms with Crippen LogP contribution in [0.4, 0.5) is 0 Å². The quantitative estimate of drug-likeness (QED) is 0.731. The second-order valence-corrected chi connectivity index (χ2v) is 4.68. The summed E-state index contributed by atoms with van der Waals surface area (Å²) in [5.41, 5.74) is 0. The van der Waals surface area contributed by atoms with Crippen molar-refractivity contribution in [2.24, 2.45) is 11.8 Å². The molecule has 1 saturated heterocycles. The monoisotopic (exact) mass is 197 g/mol. The highest BCUT2D eigenvalue weighted by molar-refractivity contribution is 5.78. The molecule has 0 aromatic rings. The number of aliphatic hydroxyl groups excluding tert-OH is 1. The number of hydrogen-bond acceptors (Lipinski definition) is 2. The zero-order valence-electron chi connectivity index (χ0n) is 8.61. The van der Waals surface area contributed by atoms with Crippen LogP contribution in [0, 0.1) is 11.8 Å². The van der Waals surface area contributed by atoms with Gasteiger partial charge in [0.2, 0.25) is 5.91 Å². The Balaban J connectivity index is 1.71. The van der Waals surface area contributed by atoms with E-state index in [9.17, 15) is 4.79 Å². The lowest BCUT2D eigenvalue weighted by Crippen LogP contribution is -2.29. The molecule has 0 aromatic carbocycles. The van der Waals surface area contributed by atoms with E-state index in [2.05, 4.69) is 0 Å². The second kappa shape index (κ2) is 4.30. The smallest absolute Gasteiger partial charge is 0.223 e. The van der Waals surface area contributed by atoms with Crippen LogP contribution < -0.4 is 0 Å². The van der Waals surface area contributed by atoms with Gasteiger partial charge < -0.3 is 10.0 Å². The lowest BCUT2D eigenvalue weighted by Gasteiger charge is -2.27. The summed E-state index contributed by atoms with van der Waals surface area (Å²) in [7, 11) is 0. The lowest BCUT2D eigenvalue weighted by atomic mass is 9.83. The summed E-state index contributed by atoms with van der Waals surface area (Å²) in [6.07, 6.45) is 5.81. The molecule has 1 atom stereocenters. The van der Waals surface area contributed by atoms with Crippen molar-refractivity contribution in [3.05, 3.63) is 0 Å². The van der Waals surface area contributed by atoms with Gasteiger partial charge in [-0.2, -0.15) is 0 Å². The minimum absolute atomic E-state index is 0.158. The van der Waals surface area contributed by atoms with E-state index in [-0.39, 0.29) is 18.4 Å². The predicted molar refractivity (Wildman–Crippen MR) is 53.7 cm³/mol. The summed E-state index contributed by atoms with van der Waals surface area (Å²) in [6.45, 7) is 1.85. The molecule has 2 rings (SSSR count). The van der Waals surface area contributed by atoms with Crippen LogP contribution in [0.15, 0.2) is 0 Å². The van der Waals surface area contributed by atoms with Crippen LogP contribution in [0.2, 0.25) is 0 Å². The van der Waals surface area contributed by atoms with Gasteiger partial charge in [0.15, 0.2) is 0 Å². The van der Waals surface area contributed by atoms with Crippen LogP contribution in [0.5, 0.6) is 0 Å². The lowest BCUT2D eigenvalue weighted by molar-refractivity contribution is -0.128. The number of rotatable bonds is 4. The van der Waals surface area contributed by atoms with E-state index in [1.807, 2.05) is 4.90 Å². The van der Waals surface area contributed by atoms with E-state index >= 15 is 0 Å². The van der Waals surface area contributed by atoms with E-state index in [4.69, 9.17) is 5.11 Å². The van der Waals surface area contributed by atoms with Crippen LogP contribution in [-0.2, 0) is 4.79 Å². The first-order chi connectivity index (χ1) is 6.79. The molecule has 1 N–H and O–H groups in total. The molecule has 2 aliphatic rings. The molecule has 1 aliphatic carbocycles.